The summed E-state index contributed by atoms with van der Waals surface area (Å²) in [4.78, 5) is 20.8. The van der Waals surface area contributed by atoms with Gasteiger partial charge in [0, 0.05) is 10.0 Å². The van der Waals surface area contributed by atoms with Crippen molar-refractivity contribution in [2.45, 2.75) is 0 Å². The number of aromatic nitrogens is 2. The number of hydrazine groups is 1. The van der Waals surface area contributed by atoms with Crippen molar-refractivity contribution in [1.82, 2.24) is 15.4 Å². The molecule has 0 bridgehead atoms. The molecule has 1 aromatic heterocycles. The Hall–Kier alpha value is -3.65. The average Bonchev–Trinajstić information content (AvgIpc) is 2.75. The summed E-state index contributed by atoms with van der Waals surface area (Å²) < 4.78 is 6.63. The lowest BCUT2D eigenvalue weighted by molar-refractivity contribution is 0.0964. The number of nitrogen functional groups attached to an aromatic ring is 1. The zero-order valence-electron chi connectivity index (χ0n) is 15.1. The zero-order chi connectivity index (χ0) is 20.2. The van der Waals surface area contributed by atoms with Gasteiger partial charge in [0.15, 0.2) is 5.82 Å². The smallest absolute Gasteiger partial charge is 0.270 e. The lowest BCUT2D eigenvalue weighted by Gasteiger charge is -2.13. The van der Waals surface area contributed by atoms with Crippen LogP contribution >= 0.6 is 15.9 Å². The van der Waals surface area contributed by atoms with Gasteiger partial charge in [0.1, 0.15) is 17.8 Å². The molecule has 0 saturated carbocycles. The maximum absolute atomic E-state index is 12.7. The van der Waals surface area contributed by atoms with Gasteiger partial charge in [0.2, 0.25) is 5.88 Å². The number of nitrogens with one attached hydrogen (secondary N) is 2. The molecule has 4 N–H and O–H groups in total. The van der Waals surface area contributed by atoms with Crippen molar-refractivity contribution in [2.75, 3.05) is 11.2 Å². The number of nitrogens with zero attached hydrogens (tertiary/aromatic N) is 2. The van der Waals surface area contributed by atoms with E-state index < -0.39 is 0 Å². The van der Waals surface area contributed by atoms with Crippen molar-refractivity contribution in [2.24, 2.45) is 0 Å². The molecule has 144 valence electrons. The molecule has 0 radical (unpaired) electrons. The molecule has 0 aliphatic heterocycles. The summed E-state index contributed by atoms with van der Waals surface area (Å²) in [5.41, 5.74) is 12.2. The van der Waals surface area contributed by atoms with E-state index in [4.69, 9.17) is 10.5 Å². The van der Waals surface area contributed by atoms with E-state index in [0.29, 0.717) is 11.3 Å². The summed E-state index contributed by atoms with van der Waals surface area (Å²) in [6.45, 7) is 0. The van der Waals surface area contributed by atoms with Gasteiger partial charge in [-0.1, -0.05) is 52.3 Å². The topological polar surface area (TPSA) is 102 Å². The Morgan fingerprint density at radius 2 is 1.72 bits per heavy atom. The first-order chi connectivity index (χ1) is 14.1. The first-order valence-corrected chi connectivity index (χ1v) is 9.49. The Labute approximate surface area is 175 Å². The molecular weight excluding hydrogens is 434 g/mol. The largest absolute Gasteiger partial charge is 0.437 e. The van der Waals surface area contributed by atoms with Crippen molar-refractivity contribution in [3.05, 3.63) is 83.1 Å². The van der Waals surface area contributed by atoms with Crippen molar-refractivity contribution < 1.29 is 9.53 Å². The van der Waals surface area contributed by atoms with Crippen LogP contribution in [0.2, 0.25) is 0 Å². The molecule has 4 aromatic rings. The number of halogens is 1. The Kier molecular flexibility index (Phi) is 5.26. The fourth-order valence-corrected chi connectivity index (χ4v) is 3.05. The van der Waals surface area contributed by atoms with Crippen LogP contribution in [0.25, 0.3) is 10.8 Å². The number of ether oxygens (including phenoxy) is 1. The molecule has 0 aliphatic rings. The van der Waals surface area contributed by atoms with Gasteiger partial charge in [0.05, 0.1) is 0 Å². The number of hydrogen-bond acceptors (Lipinski definition) is 6. The van der Waals surface area contributed by atoms with E-state index in [1.807, 2.05) is 48.5 Å². The van der Waals surface area contributed by atoms with E-state index >= 15 is 0 Å². The highest BCUT2D eigenvalue weighted by molar-refractivity contribution is 9.10. The third kappa shape index (κ3) is 4.12. The summed E-state index contributed by atoms with van der Waals surface area (Å²) in [5.74, 6) is 0.685. The first-order valence-electron chi connectivity index (χ1n) is 8.70. The number of anilines is 2. The van der Waals surface area contributed by atoms with E-state index in [0.717, 1.165) is 15.2 Å². The van der Waals surface area contributed by atoms with Crippen LogP contribution < -0.4 is 21.3 Å². The van der Waals surface area contributed by atoms with E-state index in [2.05, 4.69) is 36.7 Å². The maximum Gasteiger partial charge on any atom is 0.270 e. The normalized spacial score (nSPS) is 10.5. The van der Waals surface area contributed by atoms with Gasteiger partial charge in [-0.15, -0.1) is 0 Å². The number of amides is 1. The number of rotatable bonds is 5. The molecule has 29 heavy (non-hydrogen) atoms. The average molecular weight is 450 g/mol. The molecular formula is C21H16BrN5O2. The summed E-state index contributed by atoms with van der Waals surface area (Å²) >= 11 is 3.37. The highest BCUT2D eigenvalue weighted by Gasteiger charge is 2.13. The predicted octanol–water partition coefficient (Wildman–Crippen LogP) is 4.52. The summed E-state index contributed by atoms with van der Waals surface area (Å²) in [7, 11) is 0. The molecule has 0 fully saturated rings. The molecule has 4 rings (SSSR count). The number of carbonyl (C=O) groups is 1. The summed E-state index contributed by atoms with van der Waals surface area (Å²) in [6, 6.07) is 20.5. The lowest BCUT2D eigenvalue weighted by Crippen LogP contribution is -2.30. The lowest BCUT2D eigenvalue weighted by atomic mass is 10.0. The fraction of sp³-hybridized carbons (Fsp3) is 0. The number of benzene rings is 3. The van der Waals surface area contributed by atoms with Gasteiger partial charge in [0.25, 0.3) is 5.91 Å². The summed E-state index contributed by atoms with van der Waals surface area (Å²) in [5, 5.41) is 1.83. The molecule has 8 heteroatoms. The van der Waals surface area contributed by atoms with Crippen molar-refractivity contribution in [3.63, 3.8) is 0 Å². The van der Waals surface area contributed by atoms with E-state index in [1.54, 1.807) is 18.2 Å². The van der Waals surface area contributed by atoms with Gasteiger partial charge >= 0.3 is 0 Å². The van der Waals surface area contributed by atoms with Crippen molar-refractivity contribution in [1.29, 1.82) is 0 Å². The number of carbonyl (C=O) groups excluding carboxylic acids is 1. The monoisotopic (exact) mass is 449 g/mol. The SMILES string of the molecule is Nc1c(NNC(=O)c2cccc3ccccc23)ncnc1Oc1ccc(Br)cc1. The minimum absolute atomic E-state index is 0.175. The number of hydrogen-bond donors (Lipinski definition) is 3. The molecule has 0 aliphatic carbocycles. The fourth-order valence-electron chi connectivity index (χ4n) is 2.78. The predicted molar refractivity (Wildman–Crippen MR) is 116 cm³/mol. The van der Waals surface area contributed by atoms with Crippen LogP contribution in [0.5, 0.6) is 11.6 Å². The van der Waals surface area contributed by atoms with E-state index in [1.165, 1.54) is 6.33 Å². The molecule has 1 amide bonds. The van der Waals surface area contributed by atoms with Crippen LogP contribution in [0, 0.1) is 0 Å². The molecule has 0 atom stereocenters. The minimum atomic E-state index is -0.310. The van der Waals surface area contributed by atoms with Crippen LogP contribution in [0.1, 0.15) is 10.4 Å². The minimum Gasteiger partial charge on any atom is -0.437 e. The second-order valence-electron chi connectivity index (χ2n) is 6.10. The zero-order valence-corrected chi connectivity index (χ0v) is 16.7. The number of nitrogens with two attached hydrogens (primary N) is 1. The molecule has 0 spiro atoms. The van der Waals surface area contributed by atoms with Gasteiger partial charge in [-0.25, -0.2) is 4.98 Å². The van der Waals surface area contributed by atoms with Crippen LogP contribution in [-0.4, -0.2) is 15.9 Å². The second-order valence-corrected chi connectivity index (χ2v) is 7.02. The Bertz CT molecular complexity index is 1180. The summed E-state index contributed by atoms with van der Waals surface area (Å²) in [6.07, 6.45) is 1.30. The van der Waals surface area contributed by atoms with E-state index in [-0.39, 0.29) is 23.3 Å². The van der Waals surface area contributed by atoms with Gasteiger partial charge in [-0.05, 0) is 41.1 Å². The van der Waals surface area contributed by atoms with Crippen molar-refractivity contribution in [3.8, 4) is 11.6 Å². The third-order valence-electron chi connectivity index (χ3n) is 4.20. The molecule has 3 aromatic carbocycles. The maximum atomic E-state index is 12.7. The quantitative estimate of drug-likeness (QED) is 0.387. The number of fused-ring (bicyclic) bond motifs is 1. The van der Waals surface area contributed by atoms with Crippen LogP contribution in [0.3, 0.4) is 0 Å². The third-order valence-corrected chi connectivity index (χ3v) is 4.73. The molecule has 7 nitrogen and oxygen atoms in total. The van der Waals surface area contributed by atoms with Crippen LogP contribution in [-0.2, 0) is 0 Å². The highest BCUT2D eigenvalue weighted by atomic mass is 79.9. The van der Waals surface area contributed by atoms with Crippen molar-refractivity contribution >= 4 is 44.1 Å². The van der Waals surface area contributed by atoms with Gasteiger partial charge in [-0.2, -0.15) is 4.98 Å². The highest BCUT2D eigenvalue weighted by Crippen LogP contribution is 2.29. The van der Waals surface area contributed by atoms with Gasteiger partial charge in [-0.3, -0.25) is 15.6 Å². The van der Waals surface area contributed by atoms with Gasteiger partial charge < -0.3 is 10.5 Å². The Morgan fingerprint density at radius 3 is 2.55 bits per heavy atom. The molecule has 0 unspecified atom stereocenters. The van der Waals surface area contributed by atoms with E-state index in [9.17, 15) is 4.79 Å². The Balaban J connectivity index is 1.51. The second kappa shape index (κ2) is 8.15. The molecule has 1 heterocycles. The van der Waals surface area contributed by atoms with Crippen LogP contribution in [0.4, 0.5) is 11.5 Å². The van der Waals surface area contributed by atoms with Crippen LogP contribution in [0.15, 0.2) is 77.5 Å². The Morgan fingerprint density at radius 1 is 0.966 bits per heavy atom. The first kappa shape index (κ1) is 18.7. The standard InChI is InChI=1S/C21H16BrN5O2/c22-14-8-10-15(11-9-14)29-21-18(23)19(24-12-25-21)26-27-20(28)17-7-3-5-13-4-1-2-6-16(13)17/h1-12H,23H2,(H,27,28)(H,24,25,26). The molecule has 0 saturated heterocycles.